The molecule has 88 valence electrons. The van der Waals surface area contributed by atoms with Crippen LogP contribution in [0.5, 0.6) is 0 Å². The summed E-state index contributed by atoms with van der Waals surface area (Å²) in [4.78, 5) is 0. The molecule has 1 aromatic carbocycles. The van der Waals surface area contributed by atoms with E-state index in [9.17, 15) is 0 Å². The maximum absolute atomic E-state index is 8.97. The molecule has 0 spiro atoms. The van der Waals surface area contributed by atoms with Crippen molar-refractivity contribution in [3.8, 4) is 11.1 Å². The average molecular weight is 232 g/mol. The first-order valence-corrected chi connectivity index (χ1v) is 5.30. The molecule has 0 fully saturated rings. The van der Waals surface area contributed by atoms with Crippen LogP contribution in [0.3, 0.4) is 0 Å². The van der Waals surface area contributed by atoms with Gasteiger partial charge in [0.25, 0.3) is 0 Å². The summed E-state index contributed by atoms with van der Waals surface area (Å²) in [6.07, 6.45) is 3.54. The predicted octanol–water partition coefficient (Wildman–Crippen LogP) is -0.778. The second kappa shape index (κ2) is 5.14. The van der Waals surface area contributed by atoms with Crippen molar-refractivity contribution < 1.29 is 15.2 Å². The van der Waals surface area contributed by atoms with Gasteiger partial charge in [-0.15, -0.1) is 0 Å². The lowest BCUT2D eigenvalue weighted by atomic mass is 9.80. The highest BCUT2D eigenvalue weighted by Gasteiger charge is 2.10. The topological polar surface area (TPSA) is 78.5 Å². The molecule has 0 amide bonds. The molecular formula is C11H13BN2O3. The van der Waals surface area contributed by atoms with Gasteiger partial charge < -0.3 is 15.2 Å². The first kappa shape index (κ1) is 11.8. The van der Waals surface area contributed by atoms with Crippen LogP contribution in [0, 0.1) is 0 Å². The van der Waals surface area contributed by atoms with Crippen LogP contribution in [-0.2, 0) is 6.54 Å². The minimum Gasteiger partial charge on any atom is -0.423 e. The van der Waals surface area contributed by atoms with Gasteiger partial charge in [-0.1, -0.05) is 24.3 Å². The fourth-order valence-electron chi connectivity index (χ4n) is 1.59. The Morgan fingerprint density at radius 3 is 2.41 bits per heavy atom. The van der Waals surface area contributed by atoms with Gasteiger partial charge in [0.15, 0.2) is 0 Å². The highest BCUT2D eigenvalue weighted by molar-refractivity contribution is 6.58. The van der Waals surface area contributed by atoms with Crippen molar-refractivity contribution in [1.82, 2.24) is 9.78 Å². The van der Waals surface area contributed by atoms with Gasteiger partial charge >= 0.3 is 7.12 Å². The molecule has 17 heavy (non-hydrogen) atoms. The van der Waals surface area contributed by atoms with Crippen LogP contribution in [0.25, 0.3) is 11.1 Å². The van der Waals surface area contributed by atoms with Crippen LogP contribution in [0.15, 0.2) is 36.7 Å². The number of hydrogen-bond donors (Lipinski definition) is 3. The van der Waals surface area contributed by atoms with E-state index in [1.165, 1.54) is 0 Å². The van der Waals surface area contributed by atoms with E-state index in [1.807, 2.05) is 6.20 Å². The lowest BCUT2D eigenvalue weighted by Gasteiger charge is -2.01. The molecule has 0 saturated heterocycles. The molecule has 0 radical (unpaired) electrons. The highest BCUT2D eigenvalue weighted by Crippen LogP contribution is 2.16. The van der Waals surface area contributed by atoms with Gasteiger partial charge in [-0.3, -0.25) is 4.68 Å². The Bertz CT molecular complexity index is 482. The van der Waals surface area contributed by atoms with Crippen LogP contribution < -0.4 is 5.46 Å². The molecule has 5 nitrogen and oxygen atoms in total. The molecular weight excluding hydrogens is 219 g/mol. The number of hydrogen-bond acceptors (Lipinski definition) is 4. The molecule has 0 bridgehead atoms. The van der Waals surface area contributed by atoms with E-state index in [4.69, 9.17) is 15.2 Å². The molecule has 2 aromatic rings. The monoisotopic (exact) mass is 232 g/mol. The quantitative estimate of drug-likeness (QED) is 0.604. The average Bonchev–Trinajstić information content (AvgIpc) is 2.78. The fraction of sp³-hybridized carbons (Fsp3) is 0.182. The van der Waals surface area contributed by atoms with Crippen LogP contribution >= 0.6 is 0 Å². The van der Waals surface area contributed by atoms with Gasteiger partial charge in [-0.2, -0.15) is 5.10 Å². The third-order valence-electron chi connectivity index (χ3n) is 2.50. The maximum atomic E-state index is 8.97. The molecule has 0 aliphatic carbocycles. The minimum absolute atomic E-state index is 0.0523. The van der Waals surface area contributed by atoms with Crippen molar-refractivity contribution in [2.45, 2.75) is 6.54 Å². The lowest BCUT2D eigenvalue weighted by Crippen LogP contribution is -2.29. The smallest absolute Gasteiger partial charge is 0.423 e. The van der Waals surface area contributed by atoms with E-state index in [0.717, 1.165) is 11.1 Å². The third-order valence-corrected chi connectivity index (χ3v) is 2.50. The summed E-state index contributed by atoms with van der Waals surface area (Å²) in [6.45, 7) is 0.518. The van der Waals surface area contributed by atoms with Gasteiger partial charge in [0.1, 0.15) is 0 Å². The Hall–Kier alpha value is -1.63. The second-order valence-corrected chi connectivity index (χ2v) is 3.71. The maximum Gasteiger partial charge on any atom is 0.488 e. The molecule has 0 aliphatic heterocycles. The Morgan fingerprint density at radius 1 is 1.12 bits per heavy atom. The van der Waals surface area contributed by atoms with E-state index < -0.39 is 7.12 Å². The SMILES string of the molecule is OCCn1cc(-c2ccc(B(O)O)cc2)cn1. The summed E-state index contributed by atoms with van der Waals surface area (Å²) in [5.41, 5.74) is 2.33. The number of nitrogens with zero attached hydrogens (tertiary/aromatic N) is 2. The van der Waals surface area contributed by atoms with Crippen molar-refractivity contribution in [1.29, 1.82) is 0 Å². The van der Waals surface area contributed by atoms with Crippen molar-refractivity contribution in [2.24, 2.45) is 0 Å². The summed E-state index contributed by atoms with van der Waals surface area (Å²) >= 11 is 0. The number of aliphatic hydroxyl groups excluding tert-OH is 1. The van der Waals surface area contributed by atoms with E-state index in [-0.39, 0.29) is 6.61 Å². The van der Waals surface area contributed by atoms with Crippen LogP contribution in [0.1, 0.15) is 0 Å². The molecule has 6 heteroatoms. The van der Waals surface area contributed by atoms with Gasteiger partial charge in [-0.05, 0) is 11.0 Å². The highest BCUT2D eigenvalue weighted by atomic mass is 16.4. The molecule has 0 saturated carbocycles. The molecule has 0 unspecified atom stereocenters. The third kappa shape index (κ3) is 2.73. The number of benzene rings is 1. The lowest BCUT2D eigenvalue weighted by molar-refractivity contribution is 0.269. The molecule has 3 N–H and O–H groups in total. The molecule has 0 aliphatic rings. The van der Waals surface area contributed by atoms with Crippen molar-refractivity contribution in [2.75, 3.05) is 6.61 Å². The summed E-state index contributed by atoms with van der Waals surface area (Å²) in [6, 6.07) is 6.91. The standard InChI is InChI=1S/C11H13BN2O3/c15-6-5-14-8-10(7-13-14)9-1-3-11(4-2-9)12(16)17/h1-4,7-8,15-17H,5-6H2. The van der Waals surface area contributed by atoms with Crippen molar-refractivity contribution >= 4 is 12.6 Å². The van der Waals surface area contributed by atoms with Gasteiger partial charge in [0, 0.05) is 11.8 Å². The molecule has 1 aromatic heterocycles. The normalized spacial score (nSPS) is 10.5. The zero-order valence-corrected chi connectivity index (χ0v) is 9.19. The van der Waals surface area contributed by atoms with Gasteiger partial charge in [0.05, 0.1) is 19.3 Å². The van der Waals surface area contributed by atoms with Gasteiger partial charge in [-0.25, -0.2) is 0 Å². The zero-order chi connectivity index (χ0) is 12.3. The first-order valence-electron chi connectivity index (χ1n) is 5.30. The van der Waals surface area contributed by atoms with Crippen LogP contribution in [0.2, 0.25) is 0 Å². The van der Waals surface area contributed by atoms with E-state index >= 15 is 0 Å². The van der Waals surface area contributed by atoms with E-state index in [1.54, 1.807) is 35.1 Å². The fourth-order valence-corrected chi connectivity index (χ4v) is 1.59. The van der Waals surface area contributed by atoms with E-state index in [2.05, 4.69) is 5.10 Å². The number of aliphatic hydroxyl groups is 1. The van der Waals surface area contributed by atoms with Crippen molar-refractivity contribution in [3.63, 3.8) is 0 Å². The van der Waals surface area contributed by atoms with E-state index in [0.29, 0.717) is 12.0 Å². The molecule has 2 rings (SSSR count). The summed E-state index contributed by atoms with van der Waals surface area (Å²) in [7, 11) is -1.44. The Kier molecular flexibility index (Phi) is 3.58. The summed E-state index contributed by atoms with van der Waals surface area (Å²) < 4.78 is 1.66. The summed E-state index contributed by atoms with van der Waals surface area (Å²) in [5, 5.41) is 30.8. The van der Waals surface area contributed by atoms with Crippen LogP contribution in [0.4, 0.5) is 0 Å². The largest absolute Gasteiger partial charge is 0.488 e. The molecule has 1 heterocycles. The first-order chi connectivity index (χ1) is 8.20. The zero-order valence-electron chi connectivity index (χ0n) is 9.19. The summed E-state index contributed by atoms with van der Waals surface area (Å²) in [5.74, 6) is 0. The molecule has 0 atom stereocenters. The van der Waals surface area contributed by atoms with Gasteiger partial charge in [0.2, 0.25) is 0 Å². The predicted molar refractivity (Wildman–Crippen MR) is 64.6 cm³/mol. The number of rotatable bonds is 4. The second-order valence-electron chi connectivity index (χ2n) is 3.71. The Labute approximate surface area is 99.1 Å². The van der Waals surface area contributed by atoms with Crippen LogP contribution in [-0.4, -0.2) is 38.7 Å². The Morgan fingerprint density at radius 2 is 1.82 bits per heavy atom. The van der Waals surface area contributed by atoms with Crippen molar-refractivity contribution in [3.05, 3.63) is 36.7 Å². The number of aromatic nitrogens is 2. The minimum atomic E-state index is -1.44. The Balaban J connectivity index is 2.21.